The lowest BCUT2D eigenvalue weighted by Gasteiger charge is -2.40. The maximum absolute atomic E-state index is 13.0. The molecule has 1 unspecified atom stereocenters. The van der Waals surface area contributed by atoms with Crippen molar-refractivity contribution in [2.45, 2.75) is 18.6 Å². The molecule has 0 bridgehead atoms. The van der Waals surface area contributed by atoms with E-state index in [4.69, 9.17) is 17.3 Å². The molecule has 0 aliphatic carbocycles. The van der Waals surface area contributed by atoms with Crippen LogP contribution in [0.25, 0.3) is 0 Å². The molecule has 0 amide bonds. The first-order chi connectivity index (χ1) is 9.91. The average Bonchev–Trinajstić information content (AvgIpc) is 2.45. The van der Waals surface area contributed by atoms with Crippen LogP contribution in [0.15, 0.2) is 24.3 Å². The minimum atomic E-state index is -4.22. The molecule has 1 heterocycles. The van der Waals surface area contributed by atoms with Crippen LogP contribution in [0.4, 0.5) is 18.9 Å². The fourth-order valence-corrected chi connectivity index (χ4v) is 2.78. The van der Waals surface area contributed by atoms with E-state index in [1.165, 1.54) is 4.90 Å². The normalized spacial score (nSPS) is 18.8. The number of alkyl halides is 3. The van der Waals surface area contributed by atoms with Crippen LogP contribution in [-0.2, 0) is 0 Å². The standard InChI is InChI=1S/C14H19ClF3N3/c15-11-1-3-12(4-2-11)20-7-9-21(10-8-20)13(5-6-19)14(16,17)18/h1-4,13H,5-10,19H2. The van der Waals surface area contributed by atoms with Crippen LogP contribution >= 0.6 is 11.6 Å². The number of benzene rings is 1. The summed E-state index contributed by atoms with van der Waals surface area (Å²) in [6, 6.07) is 5.92. The molecule has 0 spiro atoms. The van der Waals surface area contributed by atoms with E-state index in [1.54, 1.807) is 12.1 Å². The molecule has 0 saturated carbocycles. The molecule has 21 heavy (non-hydrogen) atoms. The Labute approximate surface area is 127 Å². The minimum Gasteiger partial charge on any atom is -0.369 e. The smallest absolute Gasteiger partial charge is 0.369 e. The largest absolute Gasteiger partial charge is 0.404 e. The first-order valence-corrected chi connectivity index (χ1v) is 7.31. The highest BCUT2D eigenvalue weighted by atomic mass is 35.5. The fourth-order valence-electron chi connectivity index (χ4n) is 2.65. The number of nitrogens with zero attached hydrogens (tertiary/aromatic N) is 2. The lowest BCUT2D eigenvalue weighted by atomic mass is 10.1. The molecular weight excluding hydrogens is 303 g/mol. The number of anilines is 1. The maximum atomic E-state index is 13.0. The van der Waals surface area contributed by atoms with Gasteiger partial charge in [-0.05, 0) is 37.2 Å². The van der Waals surface area contributed by atoms with Gasteiger partial charge in [-0.25, -0.2) is 0 Å². The van der Waals surface area contributed by atoms with Gasteiger partial charge in [-0.2, -0.15) is 13.2 Å². The molecule has 2 rings (SSSR count). The van der Waals surface area contributed by atoms with Crippen LogP contribution in [0.5, 0.6) is 0 Å². The van der Waals surface area contributed by atoms with Gasteiger partial charge in [0, 0.05) is 36.9 Å². The average molecular weight is 322 g/mol. The summed E-state index contributed by atoms with van der Waals surface area (Å²) in [7, 11) is 0. The van der Waals surface area contributed by atoms with Crippen molar-refractivity contribution in [1.29, 1.82) is 0 Å². The number of rotatable bonds is 4. The highest BCUT2D eigenvalue weighted by Crippen LogP contribution is 2.28. The Balaban J connectivity index is 1.97. The summed E-state index contributed by atoms with van der Waals surface area (Å²) >= 11 is 5.84. The summed E-state index contributed by atoms with van der Waals surface area (Å²) in [4.78, 5) is 3.56. The first kappa shape index (κ1) is 16.4. The molecule has 2 N–H and O–H groups in total. The molecule has 1 fully saturated rings. The molecule has 3 nitrogen and oxygen atoms in total. The topological polar surface area (TPSA) is 32.5 Å². The second-order valence-electron chi connectivity index (χ2n) is 5.13. The van der Waals surface area contributed by atoms with Crippen LogP contribution in [0, 0.1) is 0 Å². The van der Waals surface area contributed by atoms with E-state index in [-0.39, 0.29) is 13.0 Å². The Bertz CT molecular complexity index is 442. The Morgan fingerprint density at radius 2 is 1.67 bits per heavy atom. The molecule has 0 radical (unpaired) electrons. The van der Waals surface area contributed by atoms with Gasteiger partial charge in [-0.3, -0.25) is 4.90 Å². The zero-order valence-electron chi connectivity index (χ0n) is 11.6. The summed E-state index contributed by atoms with van der Waals surface area (Å²) < 4.78 is 39.1. The zero-order chi connectivity index (χ0) is 15.5. The lowest BCUT2D eigenvalue weighted by Crippen LogP contribution is -2.55. The number of hydrogen-bond donors (Lipinski definition) is 1. The monoisotopic (exact) mass is 321 g/mol. The van der Waals surface area contributed by atoms with Gasteiger partial charge in [-0.1, -0.05) is 11.6 Å². The molecule has 1 aromatic rings. The maximum Gasteiger partial charge on any atom is 0.404 e. The zero-order valence-corrected chi connectivity index (χ0v) is 12.4. The third-order valence-corrected chi connectivity index (χ3v) is 4.02. The van der Waals surface area contributed by atoms with Gasteiger partial charge in [0.1, 0.15) is 6.04 Å². The SMILES string of the molecule is NCCC(N1CCN(c2ccc(Cl)cc2)CC1)C(F)(F)F. The third kappa shape index (κ3) is 4.25. The molecule has 118 valence electrons. The lowest BCUT2D eigenvalue weighted by molar-refractivity contribution is -0.185. The van der Waals surface area contributed by atoms with Crippen molar-refractivity contribution < 1.29 is 13.2 Å². The Morgan fingerprint density at radius 3 is 2.14 bits per heavy atom. The number of hydrogen-bond acceptors (Lipinski definition) is 3. The third-order valence-electron chi connectivity index (χ3n) is 3.76. The molecule has 0 aromatic heterocycles. The van der Waals surface area contributed by atoms with Gasteiger partial charge in [-0.15, -0.1) is 0 Å². The number of piperazine rings is 1. The van der Waals surface area contributed by atoms with Crippen LogP contribution < -0.4 is 10.6 Å². The second-order valence-corrected chi connectivity index (χ2v) is 5.57. The summed E-state index contributed by atoms with van der Waals surface area (Å²) in [5.74, 6) is 0. The number of nitrogens with two attached hydrogens (primary N) is 1. The van der Waals surface area contributed by atoms with Crippen LogP contribution in [0.3, 0.4) is 0 Å². The van der Waals surface area contributed by atoms with Crippen molar-refractivity contribution in [3.8, 4) is 0 Å². The molecule has 1 saturated heterocycles. The van der Waals surface area contributed by atoms with E-state index >= 15 is 0 Å². The highest BCUT2D eigenvalue weighted by molar-refractivity contribution is 6.30. The van der Waals surface area contributed by atoms with E-state index in [9.17, 15) is 13.2 Å². The number of halogens is 4. The molecule has 1 atom stereocenters. The van der Waals surface area contributed by atoms with Crippen molar-refractivity contribution in [1.82, 2.24) is 4.90 Å². The highest BCUT2D eigenvalue weighted by Gasteiger charge is 2.43. The summed E-state index contributed by atoms with van der Waals surface area (Å²) in [6.45, 7) is 1.94. The van der Waals surface area contributed by atoms with E-state index in [1.807, 2.05) is 12.1 Å². The Hall–Kier alpha value is -0.980. The van der Waals surface area contributed by atoms with Crippen LogP contribution in [0.2, 0.25) is 5.02 Å². The predicted octanol–water partition coefficient (Wildman–Crippen LogP) is 2.74. The van der Waals surface area contributed by atoms with Gasteiger partial charge in [0.2, 0.25) is 0 Å². The molecule has 1 aromatic carbocycles. The van der Waals surface area contributed by atoms with Crippen molar-refractivity contribution in [3.05, 3.63) is 29.3 Å². The molecule has 7 heteroatoms. The van der Waals surface area contributed by atoms with Crippen molar-refractivity contribution in [2.75, 3.05) is 37.6 Å². The van der Waals surface area contributed by atoms with Gasteiger partial charge in [0.15, 0.2) is 0 Å². The van der Waals surface area contributed by atoms with E-state index < -0.39 is 12.2 Å². The Morgan fingerprint density at radius 1 is 1.10 bits per heavy atom. The summed E-state index contributed by atoms with van der Waals surface area (Å²) in [5.41, 5.74) is 6.30. The van der Waals surface area contributed by atoms with E-state index in [2.05, 4.69) is 4.90 Å². The summed E-state index contributed by atoms with van der Waals surface area (Å²) in [5, 5.41) is 0.650. The van der Waals surface area contributed by atoms with Gasteiger partial charge in [0.25, 0.3) is 0 Å². The molecule has 1 aliphatic rings. The van der Waals surface area contributed by atoms with E-state index in [0.717, 1.165) is 5.69 Å². The predicted molar refractivity (Wildman–Crippen MR) is 78.8 cm³/mol. The van der Waals surface area contributed by atoms with Crippen molar-refractivity contribution >= 4 is 17.3 Å². The van der Waals surface area contributed by atoms with Gasteiger partial charge >= 0.3 is 6.18 Å². The molecular formula is C14H19ClF3N3. The van der Waals surface area contributed by atoms with Gasteiger partial charge < -0.3 is 10.6 Å². The first-order valence-electron chi connectivity index (χ1n) is 6.93. The minimum absolute atomic E-state index is 0.0432. The second kappa shape index (κ2) is 6.85. The quantitative estimate of drug-likeness (QED) is 0.925. The van der Waals surface area contributed by atoms with E-state index in [0.29, 0.717) is 31.2 Å². The fraction of sp³-hybridized carbons (Fsp3) is 0.571. The van der Waals surface area contributed by atoms with Crippen LogP contribution in [0.1, 0.15) is 6.42 Å². The van der Waals surface area contributed by atoms with Crippen molar-refractivity contribution in [2.24, 2.45) is 5.73 Å². The summed E-state index contributed by atoms with van der Waals surface area (Å²) in [6.07, 6.45) is -4.27. The molecule has 1 aliphatic heterocycles. The van der Waals surface area contributed by atoms with Crippen molar-refractivity contribution in [3.63, 3.8) is 0 Å². The van der Waals surface area contributed by atoms with Gasteiger partial charge in [0.05, 0.1) is 0 Å². The Kier molecular flexibility index (Phi) is 5.35. The van der Waals surface area contributed by atoms with Crippen LogP contribution in [-0.4, -0.2) is 49.8 Å².